The van der Waals surface area contributed by atoms with Gasteiger partial charge in [-0.3, -0.25) is 4.90 Å². The number of hydrogen-bond acceptors (Lipinski definition) is 3. The van der Waals surface area contributed by atoms with Gasteiger partial charge in [0.15, 0.2) is 0 Å². The number of fused-ring (bicyclic) bond motifs is 1. The number of benzene rings is 2. The van der Waals surface area contributed by atoms with Gasteiger partial charge in [0.2, 0.25) is 0 Å². The van der Waals surface area contributed by atoms with Crippen LogP contribution in [-0.4, -0.2) is 35.6 Å². The van der Waals surface area contributed by atoms with E-state index in [1.54, 1.807) is 0 Å². The normalized spacial score (nSPS) is 16.0. The van der Waals surface area contributed by atoms with Crippen LogP contribution in [0.2, 0.25) is 0 Å². The minimum absolute atomic E-state index is 0.256. The van der Waals surface area contributed by atoms with Crippen LogP contribution in [0.3, 0.4) is 0 Å². The van der Waals surface area contributed by atoms with Gasteiger partial charge in [-0.25, -0.2) is 4.79 Å². The van der Waals surface area contributed by atoms with E-state index in [0.717, 1.165) is 32.5 Å². The van der Waals surface area contributed by atoms with Gasteiger partial charge in [0, 0.05) is 31.9 Å². The van der Waals surface area contributed by atoms with Crippen molar-refractivity contribution in [1.29, 1.82) is 0 Å². The van der Waals surface area contributed by atoms with Gasteiger partial charge < -0.3 is 9.30 Å². The molecular weight excluding hydrogens is 324 g/mol. The minimum Gasteiger partial charge on any atom is -0.464 e. The standard InChI is InChI=1S/C22H24N2O2/c1-26-22(25)21-10-5-13-24(21)19-11-14-23(15-12-19)16-18-8-4-7-17-6-2-3-9-20(17)18/h2-10,13,19H,11-12,14-16H2,1H3. The first-order valence-corrected chi connectivity index (χ1v) is 9.20. The molecule has 0 atom stereocenters. The van der Waals surface area contributed by atoms with Gasteiger partial charge in [0.05, 0.1) is 7.11 Å². The van der Waals surface area contributed by atoms with Crippen LogP contribution in [0.25, 0.3) is 10.8 Å². The van der Waals surface area contributed by atoms with E-state index in [9.17, 15) is 4.79 Å². The maximum absolute atomic E-state index is 11.9. The summed E-state index contributed by atoms with van der Waals surface area (Å²) in [5, 5.41) is 2.64. The Bertz CT molecular complexity index is 902. The van der Waals surface area contributed by atoms with Crippen LogP contribution in [0.4, 0.5) is 0 Å². The lowest BCUT2D eigenvalue weighted by Crippen LogP contribution is -2.34. The minimum atomic E-state index is -0.256. The summed E-state index contributed by atoms with van der Waals surface area (Å²) < 4.78 is 6.98. The van der Waals surface area contributed by atoms with Gasteiger partial charge in [-0.1, -0.05) is 42.5 Å². The van der Waals surface area contributed by atoms with E-state index in [1.807, 2.05) is 18.3 Å². The molecule has 0 amide bonds. The molecule has 1 aromatic heterocycles. The molecule has 134 valence electrons. The number of rotatable bonds is 4. The summed E-state index contributed by atoms with van der Waals surface area (Å²) in [6, 6.07) is 19.3. The Morgan fingerprint density at radius 2 is 1.81 bits per heavy atom. The highest BCUT2D eigenvalue weighted by Gasteiger charge is 2.24. The second-order valence-corrected chi connectivity index (χ2v) is 6.94. The van der Waals surface area contributed by atoms with Crippen molar-refractivity contribution in [3.05, 3.63) is 72.1 Å². The molecule has 1 aliphatic heterocycles. The molecule has 1 fully saturated rings. The summed E-state index contributed by atoms with van der Waals surface area (Å²) >= 11 is 0. The molecule has 0 radical (unpaired) electrons. The second kappa shape index (κ2) is 7.34. The molecular formula is C22H24N2O2. The molecule has 0 N–H and O–H groups in total. The molecule has 0 aliphatic carbocycles. The highest BCUT2D eigenvalue weighted by atomic mass is 16.5. The van der Waals surface area contributed by atoms with Crippen LogP contribution in [-0.2, 0) is 11.3 Å². The maximum Gasteiger partial charge on any atom is 0.354 e. The molecule has 1 saturated heterocycles. The fourth-order valence-corrected chi connectivity index (χ4v) is 4.02. The lowest BCUT2D eigenvalue weighted by molar-refractivity contribution is 0.0581. The third-order valence-corrected chi connectivity index (χ3v) is 5.40. The van der Waals surface area contributed by atoms with Crippen LogP contribution in [0.5, 0.6) is 0 Å². The Balaban J connectivity index is 1.44. The van der Waals surface area contributed by atoms with Crippen molar-refractivity contribution >= 4 is 16.7 Å². The summed E-state index contributed by atoms with van der Waals surface area (Å²) in [7, 11) is 1.44. The molecule has 2 heterocycles. The summed E-state index contributed by atoms with van der Waals surface area (Å²) in [4.78, 5) is 14.4. The molecule has 0 saturated carbocycles. The summed E-state index contributed by atoms with van der Waals surface area (Å²) in [5.41, 5.74) is 2.04. The Morgan fingerprint density at radius 1 is 1.04 bits per heavy atom. The van der Waals surface area contributed by atoms with Crippen molar-refractivity contribution in [2.24, 2.45) is 0 Å². The zero-order chi connectivity index (χ0) is 17.9. The Labute approximate surface area is 154 Å². The zero-order valence-corrected chi connectivity index (χ0v) is 15.1. The van der Waals surface area contributed by atoms with Gasteiger partial charge in [0.1, 0.15) is 5.69 Å². The quantitative estimate of drug-likeness (QED) is 0.661. The Hall–Kier alpha value is -2.59. The molecule has 4 heteroatoms. The molecule has 0 unspecified atom stereocenters. The monoisotopic (exact) mass is 348 g/mol. The topological polar surface area (TPSA) is 34.5 Å². The lowest BCUT2D eigenvalue weighted by Gasteiger charge is -2.33. The highest BCUT2D eigenvalue weighted by molar-refractivity contribution is 5.87. The van der Waals surface area contributed by atoms with Crippen LogP contribution >= 0.6 is 0 Å². The number of likely N-dealkylation sites (tertiary alicyclic amines) is 1. The molecule has 1 aliphatic rings. The SMILES string of the molecule is COC(=O)c1cccn1C1CCN(Cc2cccc3ccccc23)CC1. The van der Waals surface area contributed by atoms with Gasteiger partial charge in [-0.15, -0.1) is 0 Å². The number of piperidine rings is 1. The van der Waals surface area contributed by atoms with Crippen molar-refractivity contribution in [3.8, 4) is 0 Å². The molecule has 26 heavy (non-hydrogen) atoms. The molecule has 4 nitrogen and oxygen atoms in total. The van der Waals surface area contributed by atoms with E-state index in [4.69, 9.17) is 4.74 Å². The first kappa shape index (κ1) is 16.9. The lowest BCUT2D eigenvalue weighted by atomic mass is 10.0. The van der Waals surface area contributed by atoms with E-state index in [1.165, 1.54) is 23.4 Å². The predicted molar refractivity (Wildman–Crippen MR) is 103 cm³/mol. The molecule has 2 aromatic carbocycles. The number of ether oxygens (including phenoxy) is 1. The predicted octanol–water partition coefficient (Wildman–Crippen LogP) is 4.27. The number of carbonyl (C=O) groups excluding carboxylic acids is 1. The van der Waals surface area contributed by atoms with Gasteiger partial charge >= 0.3 is 5.97 Å². The third-order valence-electron chi connectivity index (χ3n) is 5.40. The second-order valence-electron chi connectivity index (χ2n) is 6.94. The van der Waals surface area contributed by atoms with Crippen molar-refractivity contribution in [3.63, 3.8) is 0 Å². The van der Waals surface area contributed by atoms with Crippen LogP contribution in [0.15, 0.2) is 60.8 Å². The molecule has 4 rings (SSSR count). The Kier molecular flexibility index (Phi) is 4.76. The van der Waals surface area contributed by atoms with Crippen molar-refractivity contribution in [2.75, 3.05) is 20.2 Å². The molecule has 0 spiro atoms. The average molecular weight is 348 g/mol. The van der Waals surface area contributed by atoms with Crippen LogP contribution in [0.1, 0.15) is 34.9 Å². The van der Waals surface area contributed by atoms with Crippen molar-refractivity contribution in [1.82, 2.24) is 9.47 Å². The Morgan fingerprint density at radius 3 is 2.62 bits per heavy atom. The fraction of sp³-hybridized carbons (Fsp3) is 0.318. The summed E-state index contributed by atoms with van der Waals surface area (Å²) in [6.45, 7) is 3.04. The van der Waals surface area contributed by atoms with E-state index in [0.29, 0.717) is 11.7 Å². The number of aromatic nitrogens is 1. The first-order valence-electron chi connectivity index (χ1n) is 9.20. The molecule has 3 aromatic rings. The number of esters is 1. The summed E-state index contributed by atoms with van der Waals surface area (Å²) in [5.74, 6) is -0.256. The maximum atomic E-state index is 11.9. The first-order chi connectivity index (χ1) is 12.8. The average Bonchev–Trinajstić information content (AvgIpc) is 3.18. The van der Waals surface area contributed by atoms with Gasteiger partial charge in [0.25, 0.3) is 0 Å². The summed E-state index contributed by atoms with van der Waals surface area (Å²) in [6.07, 6.45) is 4.09. The number of methoxy groups -OCH3 is 1. The smallest absolute Gasteiger partial charge is 0.354 e. The van der Waals surface area contributed by atoms with Crippen molar-refractivity contribution in [2.45, 2.75) is 25.4 Å². The van der Waals surface area contributed by atoms with Gasteiger partial charge in [-0.2, -0.15) is 0 Å². The number of carbonyl (C=O) groups is 1. The third kappa shape index (κ3) is 3.25. The fourth-order valence-electron chi connectivity index (χ4n) is 4.02. The number of hydrogen-bond donors (Lipinski definition) is 0. The van der Waals surface area contributed by atoms with E-state index >= 15 is 0 Å². The largest absolute Gasteiger partial charge is 0.464 e. The van der Waals surface area contributed by atoms with Crippen molar-refractivity contribution < 1.29 is 9.53 Å². The highest BCUT2D eigenvalue weighted by Crippen LogP contribution is 2.27. The van der Waals surface area contributed by atoms with E-state index < -0.39 is 0 Å². The van der Waals surface area contributed by atoms with E-state index in [2.05, 4.69) is 51.9 Å². The molecule has 0 bridgehead atoms. The zero-order valence-electron chi connectivity index (χ0n) is 15.1. The van der Waals surface area contributed by atoms with Gasteiger partial charge in [-0.05, 0) is 41.3 Å². The van der Waals surface area contributed by atoms with Crippen LogP contribution < -0.4 is 0 Å². The van der Waals surface area contributed by atoms with E-state index in [-0.39, 0.29) is 5.97 Å². The number of nitrogens with zero attached hydrogens (tertiary/aromatic N) is 2. The van der Waals surface area contributed by atoms with Crippen LogP contribution in [0, 0.1) is 0 Å².